The molecule has 0 saturated carbocycles. The second-order valence-electron chi connectivity index (χ2n) is 10.5. The summed E-state index contributed by atoms with van der Waals surface area (Å²) in [5.74, 6) is 1.29. The fraction of sp³-hybridized carbons (Fsp3) is 0.375. The first-order chi connectivity index (χ1) is 17.8. The zero-order valence-corrected chi connectivity index (χ0v) is 23.6. The quantitative estimate of drug-likeness (QED) is 0.335. The molecule has 5 heterocycles. The van der Waals surface area contributed by atoms with Crippen LogP contribution >= 0.6 is 11.6 Å². The van der Waals surface area contributed by atoms with Crippen LogP contribution in [0.5, 0.6) is 0 Å². The number of aryl methyl sites for hydroxylation is 3. The Kier molecular flexibility index (Phi) is 6.89. The van der Waals surface area contributed by atoms with Crippen molar-refractivity contribution in [2.75, 3.05) is 5.88 Å². The molecular weight excluding hydrogens is 476 g/mol. The standard InChI is InChI=1S/C32H37ClN4/c1-8-22-19(5)28-16-31-23(9-2)18(4)27(35-31)15-29-20(6)24(11-10-12-33)32(37-29)21(7)26-13-17(3)25(34-26)14-30(22)36-28/h9,13-16,20,24,35-36H,2,8,10-12H2,1,3-7H3/t20?,24-/m0/s1. The summed E-state index contributed by atoms with van der Waals surface area (Å²) < 4.78 is 0. The van der Waals surface area contributed by atoms with Gasteiger partial charge in [-0.25, -0.2) is 4.98 Å². The first-order valence-corrected chi connectivity index (χ1v) is 13.9. The second-order valence-corrected chi connectivity index (χ2v) is 10.9. The van der Waals surface area contributed by atoms with Gasteiger partial charge in [-0.1, -0.05) is 26.5 Å². The molecular formula is C32H37ClN4. The van der Waals surface area contributed by atoms with E-state index in [-0.39, 0.29) is 0 Å². The normalized spacial score (nSPS) is 17.2. The average Bonchev–Trinajstić information content (AvgIpc) is 3.57. The lowest BCUT2D eigenvalue weighted by molar-refractivity contribution is 0.549. The monoisotopic (exact) mass is 512 g/mol. The van der Waals surface area contributed by atoms with Crippen LogP contribution in [0.25, 0.3) is 39.8 Å². The molecule has 0 fully saturated rings. The lowest BCUT2D eigenvalue weighted by Crippen LogP contribution is -2.04. The predicted molar refractivity (Wildman–Crippen MR) is 159 cm³/mol. The van der Waals surface area contributed by atoms with E-state index < -0.39 is 0 Å². The van der Waals surface area contributed by atoms with Crippen LogP contribution in [0, 0.1) is 20.8 Å². The minimum Gasteiger partial charge on any atom is -0.355 e. The van der Waals surface area contributed by atoms with Crippen LogP contribution in [0.1, 0.15) is 96.0 Å². The molecule has 2 atom stereocenters. The van der Waals surface area contributed by atoms with E-state index in [9.17, 15) is 0 Å². The number of rotatable bonds is 5. The molecule has 37 heavy (non-hydrogen) atoms. The highest BCUT2D eigenvalue weighted by Crippen LogP contribution is 2.42. The minimum absolute atomic E-state index is 0.299. The third kappa shape index (κ3) is 4.35. The number of nitrogens with zero attached hydrogens (tertiary/aromatic N) is 2. The molecule has 4 nitrogen and oxygen atoms in total. The van der Waals surface area contributed by atoms with E-state index in [4.69, 9.17) is 21.6 Å². The van der Waals surface area contributed by atoms with Crippen LogP contribution in [0.15, 0.2) is 24.8 Å². The summed E-state index contributed by atoms with van der Waals surface area (Å²) in [6.45, 7) is 17.3. The summed E-state index contributed by atoms with van der Waals surface area (Å²) in [7, 11) is 0. The minimum atomic E-state index is 0.299. The van der Waals surface area contributed by atoms with Gasteiger partial charge in [-0.2, -0.15) is 0 Å². The molecule has 192 valence electrons. The van der Waals surface area contributed by atoms with E-state index in [1.165, 1.54) is 22.3 Å². The van der Waals surface area contributed by atoms with Crippen molar-refractivity contribution in [3.63, 3.8) is 0 Å². The van der Waals surface area contributed by atoms with E-state index in [0.29, 0.717) is 17.7 Å². The molecule has 1 unspecified atom stereocenters. The molecule has 0 radical (unpaired) electrons. The van der Waals surface area contributed by atoms with E-state index >= 15 is 0 Å². The molecule has 2 N–H and O–H groups in total. The van der Waals surface area contributed by atoms with Crippen molar-refractivity contribution in [3.8, 4) is 0 Å². The van der Waals surface area contributed by atoms with Gasteiger partial charge in [0.1, 0.15) is 0 Å². The molecule has 0 spiro atoms. The SMILES string of the molecule is C=Cc1c(C)c2cc3nc(c(C)c4nc(cc5[nH]c(cc1[nH]2)c(C)c5CC)C(C)=C4)[C@@H](CCCCl)C3C. The lowest BCUT2D eigenvalue weighted by atomic mass is 9.86. The van der Waals surface area contributed by atoms with E-state index in [0.717, 1.165) is 75.2 Å². The van der Waals surface area contributed by atoms with Crippen LogP contribution in [-0.4, -0.2) is 25.8 Å². The van der Waals surface area contributed by atoms with Gasteiger partial charge in [0.2, 0.25) is 0 Å². The van der Waals surface area contributed by atoms with Crippen molar-refractivity contribution in [1.29, 1.82) is 0 Å². The van der Waals surface area contributed by atoms with Crippen molar-refractivity contribution in [2.45, 2.75) is 72.6 Å². The van der Waals surface area contributed by atoms with Gasteiger partial charge in [0.05, 0.1) is 11.4 Å². The summed E-state index contributed by atoms with van der Waals surface area (Å²) in [5, 5.41) is 0. The third-order valence-corrected chi connectivity index (χ3v) is 8.59. The smallest absolute Gasteiger partial charge is 0.0687 e. The molecule has 0 aliphatic carbocycles. The Morgan fingerprint density at radius 1 is 0.946 bits per heavy atom. The van der Waals surface area contributed by atoms with Crippen molar-refractivity contribution < 1.29 is 0 Å². The Hall–Kier alpha value is -3.11. The summed E-state index contributed by atoms with van der Waals surface area (Å²) in [5.41, 5.74) is 15.9. The molecule has 8 bridgehead atoms. The Morgan fingerprint density at radius 2 is 1.68 bits per heavy atom. The van der Waals surface area contributed by atoms with Gasteiger partial charge in [0, 0.05) is 56.7 Å². The summed E-state index contributed by atoms with van der Waals surface area (Å²) in [6, 6.07) is 6.66. The third-order valence-electron chi connectivity index (χ3n) is 8.32. The molecule has 0 saturated heterocycles. The summed E-state index contributed by atoms with van der Waals surface area (Å²) in [4.78, 5) is 17.7. The van der Waals surface area contributed by atoms with Crippen molar-refractivity contribution in [2.24, 2.45) is 0 Å². The Labute approximate surface area is 224 Å². The number of aromatic nitrogens is 4. The number of nitrogens with one attached hydrogen (secondary N) is 2. The fourth-order valence-electron chi connectivity index (χ4n) is 5.98. The lowest BCUT2D eigenvalue weighted by Gasteiger charge is -2.16. The molecule has 0 amide bonds. The number of hydrogen-bond acceptors (Lipinski definition) is 2. The van der Waals surface area contributed by atoms with Crippen LogP contribution in [0.3, 0.4) is 0 Å². The number of alkyl halides is 1. The predicted octanol–water partition coefficient (Wildman–Crippen LogP) is 8.91. The highest BCUT2D eigenvalue weighted by Gasteiger charge is 2.30. The maximum atomic E-state index is 6.13. The zero-order chi connectivity index (χ0) is 26.4. The van der Waals surface area contributed by atoms with Gasteiger partial charge >= 0.3 is 0 Å². The van der Waals surface area contributed by atoms with E-state index in [1.807, 2.05) is 6.08 Å². The van der Waals surface area contributed by atoms with Crippen LogP contribution in [0.4, 0.5) is 0 Å². The topological polar surface area (TPSA) is 57.4 Å². The van der Waals surface area contributed by atoms with Crippen molar-refractivity contribution in [1.82, 2.24) is 19.9 Å². The number of aromatic amines is 2. The highest BCUT2D eigenvalue weighted by molar-refractivity contribution is 6.17. The van der Waals surface area contributed by atoms with Gasteiger partial charge in [-0.15, -0.1) is 11.6 Å². The Balaban J connectivity index is 1.94. The number of fused-ring (bicyclic) bond motifs is 8. The summed E-state index contributed by atoms with van der Waals surface area (Å²) >= 11 is 6.13. The van der Waals surface area contributed by atoms with E-state index in [1.54, 1.807) is 0 Å². The fourth-order valence-corrected chi connectivity index (χ4v) is 6.13. The van der Waals surface area contributed by atoms with Gasteiger partial charge in [0.15, 0.2) is 0 Å². The van der Waals surface area contributed by atoms with Crippen LogP contribution in [0.2, 0.25) is 0 Å². The van der Waals surface area contributed by atoms with Gasteiger partial charge in [-0.3, -0.25) is 4.98 Å². The number of hydrogen-bond donors (Lipinski definition) is 2. The molecule has 5 rings (SSSR count). The number of allylic oxidation sites excluding steroid dienone is 1. The van der Waals surface area contributed by atoms with E-state index in [2.05, 4.69) is 82.4 Å². The average molecular weight is 513 g/mol. The molecule has 2 aliphatic heterocycles. The van der Waals surface area contributed by atoms with Crippen molar-refractivity contribution in [3.05, 3.63) is 75.4 Å². The first-order valence-electron chi connectivity index (χ1n) is 13.4. The van der Waals surface area contributed by atoms with Gasteiger partial charge in [0.25, 0.3) is 0 Å². The summed E-state index contributed by atoms with van der Waals surface area (Å²) in [6.07, 6.45) is 7.09. The second kappa shape index (κ2) is 9.98. The molecule has 3 aromatic rings. The van der Waals surface area contributed by atoms with Crippen molar-refractivity contribution >= 4 is 51.4 Å². The largest absolute Gasteiger partial charge is 0.355 e. The highest BCUT2D eigenvalue weighted by atomic mass is 35.5. The molecule has 2 aliphatic rings. The molecule has 3 aromatic heterocycles. The van der Waals surface area contributed by atoms with Gasteiger partial charge < -0.3 is 9.97 Å². The Bertz CT molecular complexity index is 1580. The van der Waals surface area contributed by atoms with Crippen LogP contribution < -0.4 is 0 Å². The first kappa shape index (κ1) is 25.5. The molecule has 0 aromatic carbocycles. The Morgan fingerprint density at radius 3 is 2.38 bits per heavy atom. The van der Waals surface area contributed by atoms with Gasteiger partial charge in [-0.05, 0) is 99.1 Å². The molecule has 5 heteroatoms. The maximum Gasteiger partial charge on any atom is 0.0687 e. The maximum absolute atomic E-state index is 6.13. The zero-order valence-electron chi connectivity index (χ0n) is 22.8. The van der Waals surface area contributed by atoms with Crippen LogP contribution in [-0.2, 0) is 6.42 Å². The number of H-pyrrole nitrogens is 2. The number of halogens is 1.